The molecule has 4 nitrogen and oxygen atoms in total. The van der Waals surface area contributed by atoms with Crippen molar-refractivity contribution in [3.8, 4) is 11.3 Å². The summed E-state index contributed by atoms with van der Waals surface area (Å²) in [6.07, 6.45) is 0.595. The maximum atomic E-state index is 11.4. The van der Waals surface area contributed by atoms with Crippen LogP contribution in [0.1, 0.15) is 29.9 Å². The van der Waals surface area contributed by atoms with Crippen molar-refractivity contribution < 1.29 is 14.4 Å². The number of hydrogen-bond donors (Lipinski definition) is 1. The molecule has 2 rings (SSSR count). The Morgan fingerprint density at radius 2 is 2.00 bits per heavy atom. The van der Waals surface area contributed by atoms with Gasteiger partial charge in [-0.25, -0.2) is 4.79 Å². The van der Waals surface area contributed by atoms with Crippen molar-refractivity contribution >= 4 is 5.97 Å². The molecule has 0 spiro atoms. The Balaban J connectivity index is 2.49. The topological polar surface area (TPSA) is 63.3 Å². The smallest absolute Gasteiger partial charge is 0.341 e. The van der Waals surface area contributed by atoms with Crippen LogP contribution >= 0.6 is 0 Å². The van der Waals surface area contributed by atoms with Crippen LogP contribution in [0.3, 0.4) is 0 Å². The van der Waals surface area contributed by atoms with Gasteiger partial charge in [0.25, 0.3) is 0 Å². The molecule has 0 unspecified atom stereocenters. The zero-order valence-electron chi connectivity index (χ0n) is 10.4. The number of benzene rings is 1. The fourth-order valence-electron chi connectivity index (χ4n) is 1.86. The lowest BCUT2D eigenvalue weighted by Gasteiger charge is -2.02. The lowest BCUT2D eigenvalue weighted by molar-refractivity contribution is 0.0696. The van der Waals surface area contributed by atoms with Crippen LogP contribution in [0.2, 0.25) is 0 Å². The SMILES string of the molecule is CC(C)Cc1noc(-c2ccccc2)c1C(=O)O. The van der Waals surface area contributed by atoms with E-state index >= 15 is 0 Å². The minimum Gasteiger partial charge on any atom is -0.477 e. The Morgan fingerprint density at radius 1 is 1.33 bits per heavy atom. The van der Waals surface area contributed by atoms with Crippen molar-refractivity contribution in [2.45, 2.75) is 20.3 Å². The van der Waals surface area contributed by atoms with Gasteiger partial charge in [-0.15, -0.1) is 0 Å². The van der Waals surface area contributed by atoms with Gasteiger partial charge in [0.05, 0.1) is 5.69 Å². The van der Waals surface area contributed by atoms with Crippen molar-refractivity contribution in [1.82, 2.24) is 5.16 Å². The molecule has 1 heterocycles. The summed E-state index contributed by atoms with van der Waals surface area (Å²) >= 11 is 0. The third kappa shape index (κ3) is 2.42. The number of hydrogen-bond acceptors (Lipinski definition) is 3. The Labute approximate surface area is 105 Å². The average Bonchev–Trinajstić information content (AvgIpc) is 2.73. The van der Waals surface area contributed by atoms with Gasteiger partial charge in [-0.3, -0.25) is 0 Å². The molecule has 0 aliphatic heterocycles. The monoisotopic (exact) mass is 245 g/mol. The number of rotatable bonds is 4. The first-order valence-electron chi connectivity index (χ1n) is 5.87. The molecule has 0 radical (unpaired) electrons. The maximum absolute atomic E-state index is 11.4. The van der Waals surface area contributed by atoms with E-state index in [-0.39, 0.29) is 5.56 Å². The van der Waals surface area contributed by atoms with Gasteiger partial charge in [0.1, 0.15) is 5.56 Å². The molecule has 18 heavy (non-hydrogen) atoms. The number of carboxylic acids is 1. The van der Waals surface area contributed by atoms with E-state index in [1.54, 1.807) is 0 Å². The van der Waals surface area contributed by atoms with Crippen LogP contribution in [-0.2, 0) is 6.42 Å². The Hall–Kier alpha value is -2.10. The van der Waals surface area contributed by atoms with Crippen LogP contribution in [-0.4, -0.2) is 16.2 Å². The zero-order valence-corrected chi connectivity index (χ0v) is 10.4. The van der Waals surface area contributed by atoms with Crippen molar-refractivity contribution in [3.63, 3.8) is 0 Å². The molecule has 0 saturated carbocycles. The molecule has 0 fully saturated rings. The normalized spacial score (nSPS) is 10.8. The summed E-state index contributed by atoms with van der Waals surface area (Å²) in [6.45, 7) is 4.03. The molecule has 1 aromatic heterocycles. The second-order valence-electron chi connectivity index (χ2n) is 4.60. The summed E-state index contributed by atoms with van der Waals surface area (Å²) in [7, 11) is 0. The van der Waals surface area contributed by atoms with Crippen LogP contribution in [0.25, 0.3) is 11.3 Å². The number of carboxylic acid groups (broad SMARTS) is 1. The van der Waals surface area contributed by atoms with E-state index in [2.05, 4.69) is 5.16 Å². The first-order chi connectivity index (χ1) is 8.59. The first-order valence-corrected chi connectivity index (χ1v) is 5.87. The van der Waals surface area contributed by atoms with E-state index in [0.29, 0.717) is 23.8 Å². The molecule has 1 N–H and O–H groups in total. The van der Waals surface area contributed by atoms with Gasteiger partial charge in [0.2, 0.25) is 0 Å². The predicted octanol–water partition coefficient (Wildman–Crippen LogP) is 3.24. The molecule has 0 amide bonds. The number of nitrogens with zero attached hydrogens (tertiary/aromatic N) is 1. The molecule has 0 aliphatic carbocycles. The Bertz CT molecular complexity index is 543. The number of carbonyl (C=O) groups is 1. The van der Waals surface area contributed by atoms with E-state index in [1.807, 2.05) is 44.2 Å². The van der Waals surface area contributed by atoms with Gasteiger partial charge in [-0.1, -0.05) is 49.3 Å². The maximum Gasteiger partial charge on any atom is 0.341 e. The fourth-order valence-corrected chi connectivity index (χ4v) is 1.86. The van der Waals surface area contributed by atoms with Crippen molar-refractivity contribution in [3.05, 3.63) is 41.6 Å². The van der Waals surface area contributed by atoms with E-state index in [4.69, 9.17) is 4.52 Å². The van der Waals surface area contributed by atoms with Crippen LogP contribution < -0.4 is 0 Å². The summed E-state index contributed by atoms with van der Waals surface area (Å²) < 4.78 is 5.21. The van der Waals surface area contributed by atoms with Gasteiger partial charge in [0.15, 0.2) is 5.76 Å². The number of aromatic nitrogens is 1. The fraction of sp³-hybridized carbons (Fsp3) is 0.286. The lowest BCUT2D eigenvalue weighted by Crippen LogP contribution is -2.04. The number of aromatic carboxylic acids is 1. The van der Waals surface area contributed by atoms with Crippen LogP contribution in [0.15, 0.2) is 34.9 Å². The second kappa shape index (κ2) is 5.04. The van der Waals surface area contributed by atoms with Crippen LogP contribution in [0.5, 0.6) is 0 Å². The molecular weight excluding hydrogens is 230 g/mol. The third-order valence-corrected chi connectivity index (χ3v) is 2.61. The van der Waals surface area contributed by atoms with Gasteiger partial charge in [-0.05, 0) is 12.3 Å². The highest BCUT2D eigenvalue weighted by Gasteiger charge is 2.23. The molecule has 0 bridgehead atoms. The predicted molar refractivity (Wildman–Crippen MR) is 67.4 cm³/mol. The average molecular weight is 245 g/mol. The van der Waals surface area contributed by atoms with Crippen molar-refractivity contribution in [2.75, 3.05) is 0 Å². The summed E-state index contributed by atoms with van der Waals surface area (Å²) in [5.74, 6) is -0.332. The standard InChI is InChI=1S/C14H15NO3/c1-9(2)8-11-12(14(16)17)13(18-15-11)10-6-4-3-5-7-10/h3-7,9H,8H2,1-2H3,(H,16,17). The lowest BCUT2D eigenvalue weighted by atomic mass is 10.0. The molecule has 0 aliphatic rings. The quantitative estimate of drug-likeness (QED) is 0.898. The van der Waals surface area contributed by atoms with Crippen molar-refractivity contribution in [1.29, 1.82) is 0 Å². The van der Waals surface area contributed by atoms with Gasteiger partial charge in [0, 0.05) is 5.56 Å². The largest absolute Gasteiger partial charge is 0.477 e. The van der Waals surface area contributed by atoms with E-state index in [0.717, 1.165) is 5.56 Å². The molecule has 0 atom stereocenters. The third-order valence-electron chi connectivity index (χ3n) is 2.61. The highest BCUT2D eigenvalue weighted by Crippen LogP contribution is 2.27. The molecule has 0 saturated heterocycles. The summed E-state index contributed by atoms with van der Waals surface area (Å²) in [5.41, 5.74) is 1.42. The van der Waals surface area contributed by atoms with E-state index in [1.165, 1.54) is 0 Å². The second-order valence-corrected chi connectivity index (χ2v) is 4.60. The summed E-state index contributed by atoms with van der Waals surface area (Å²) in [5, 5.41) is 13.2. The highest BCUT2D eigenvalue weighted by atomic mass is 16.5. The Kier molecular flexibility index (Phi) is 3.46. The summed E-state index contributed by atoms with van der Waals surface area (Å²) in [4.78, 5) is 11.4. The highest BCUT2D eigenvalue weighted by molar-refractivity contribution is 5.95. The molecular formula is C14H15NO3. The zero-order chi connectivity index (χ0) is 13.1. The molecule has 2 aromatic rings. The van der Waals surface area contributed by atoms with Crippen LogP contribution in [0.4, 0.5) is 0 Å². The van der Waals surface area contributed by atoms with Gasteiger partial charge in [-0.2, -0.15) is 0 Å². The minimum absolute atomic E-state index is 0.176. The van der Waals surface area contributed by atoms with Gasteiger partial charge < -0.3 is 9.63 Å². The van der Waals surface area contributed by atoms with Crippen LogP contribution in [0, 0.1) is 5.92 Å². The summed E-state index contributed by atoms with van der Waals surface area (Å²) in [6, 6.07) is 9.17. The first kappa shape index (κ1) is 12.4. The van der Waals surface area contributed by atoms with E-state index < -0.39 is 5.97 Å². The van der Waals surface area contributed by atoms with E-state index in [9.17, 15) is 9.90 Å². The van der Waals surface area contributed by atoms with Gasteiger partial charge >= 0.3 is 5.97 Å². The minimum atomic E-state index is -0.995. The molecule has 1 aromatic carbocycles. The van der Waals surface area contributed by atoms with Crippen molar-refractivity contribution in [2.24, 2.45) is 5.92 Å². The molecule has 94 valence electrons. The molecule has 4 heteroatoms. The Morgan fingerprint density at radius 3 is 2.56 bits per heavy atom.